The maximum absolute atomic E-state index is 12.8. The van der Waals surface area contributed by atoms with Crippen LogP contribution in [0, 0.1) is 0 Å². The van der Waals surface area contributed by atoms with Gasteiger partial charge in [-0.1, -0.05) is 44.5 Å². The van der Waals surface area contributed by atoms with Gasteiger partial charge in [-0.05, 0) is 37.3 Å². The quantitative estimate of drug-likeness (QED) is 0.767. The Morgan fingerprint density at radius 2 is 1.96 bits per heavy atom. The average Bonchev–Trinajstić information content (AvgIpc) is 2.59. The van der Waals surface area contributed by atoms with E-state index in [0.29, 0.717) is 13.0 Å². The summed E-state index contributed by atoms with van der Waals surface area (Å²) in [4.78, 5) is 28.8. The third kappa shape index (κ3) is 4.37. The topological polar surface area (TPSA) is 40.6 Å². The minimum Gasteiger partial charge on any atom is -0.334 e. The van der Waals surface area contributed by atoms with Gasteiger partial charge in [0.15, 0.2) is 0 Å². The van der Waals surface area contributed by atoms with Gasteiger partial charge in [-0.2, -0.15) is 0 Å². The molecule has 1 aliphatic rings. The van der Waals surface area contributed by atoms with Crippen molar-refractivity contribution >= 4 is 11.8 Å². The largest absolute Gasteiger partial charge is 0.334 e. The number of unbranched alkanes of at least 4 members (excludes halogenated alkanes) is 1. The highest BCUT2D eigenvalue weighted by Gasteiger charge is 2.28. The standard InChI is InChI=1S/C20H30N2O2/c1-4-6-13-21(19(23)9-5-2)15-20(24)22-14-12-17-10-7-8-11-18(17)16(22)3/h7-8,10-11,16H,4-6,9,12-15H2,1-3H3. The summed E-state index contributed by atoms with van der Waals surface area (Å²) in [6, 6.07) is 8.42. The number of rotatable bonds is 7. The fourth-order valence-electron chi connectivity index (χ4n) is 3.38. The Kier molecular flexibility index (Phi) is 6.83. The molecule has 1 atom stereocenters. The van der Waals surface area contributed by atoms with E-state index < -0.39 is 0 Å². The summed E-state index contributed by atoms with van der Waals surface area (Å²) in [5, 5.41) is 0. The SMILES string of the molecule is CCCCN(CC(=O)N1CCc2ccccc2C1C)C(=O)CCC. The van der Waals surface area contributed by atoms with Crippen LogP contribution in [0.25, 0.3) is 0 Å². The molecule has 0 bridgehead atoms. The van der Waals surface area contributed by atoms with Gasteiger partial charge in [0.2, 0.25) is 11.8 Å². The molecule has 0 radical (unpaired) electrons. The van der Waals surface area contributed by atoms with Gasteiger partial charge in [0, 0.05) is 19.5 Å². The first-order chi connectivity index (χ1) is 11.6. The first kappa shape index (κ1) is 18.5. The molecule has 0 spiro atoms. The summed E-state index contributed by atoms with van der Waals surface area (Å²) in [6.07, 6.45) is 4.21. The fourth-order valence-corrected chi connectivity index (χ4v) is 3.38. The zero-order valence-corrected chi connectivity index (χ0v) is 15.3. The Bertz CT molecular complexity index is 571. The zero-order chi connectivity index (χ0) is 17.5. The van der Waals surface area contributed by atoms with Crippen LogP contribution in [0.5, 0.6) is 0 Å². The van der Waals surface area contributed by atoms with Gasteiger partial charge >= 0.3 is 0 Å². The first-order valence-electron chi connectivity index (χ1n) is 9.23. The van der Waals surface area contributed by atoms with Gasteiger partial charge in [-0.25, -0.2) is 0 Å². The highest BCUT2D eigenvalue weighted by Crippen LogP contribution is 2.29. The molecule has 24 heavy (non-hydrogen) atoms. The molecule has 0 N–H and O–H groups in total. The number of hydrogen-bond donors (Lipinski definition) is 0. The predicted molar refractivity (Wildman–Crippen MR) is 96.7 cm³/mol. The van der Waals surface area contributed by atoms with Gasteiger partial charge in [0.1, 0.15) is 0 Å². The number of nitrogens with zero attached hydrogens (tertiary/aromatic N) is 2. The average molecular weight is 330 g/mol. The summed E-state index contributed by atoms with van der Waals surface area (Å²) in [5.41, 5.74) is 2.57. The molecule has 4 heteroatoms. The second-order valence-corrected chi connectivity index (χ2v) is 6.63. The van der Waals surface area contributed by atoms with Crippen molar-refractivity contribution in [2.75, 3.05) is 19.6 Å². The highest BCUT2D eigenvalue weighted by atomic mass is 16.2. The lowest BCUT2D eigenvalue weighted by Gasteiger charge is -2.36. The van der Waals surface area contributed by atoms with Crippen LogP contribution in [-0.2, 0) is 16.0 Å². The van der Waals surface area contributed by atoms with Crippen LogP contribution in [0.2, 0.25) is 0 Å². The molecular formula is C20H30N2O2. The van der Waals surface area contributed by atoms with Crippen molar-refractivity contribution in [3.63, 3.8) is 0 Å². The summed E-state index contributed by atoms with van der Waals surface area (Å²) < 4.78 is 0. The second-order valence-electron chi connectivity index (χ2n) is 6.63. The number of hydrogen-bond acceptors (Lipinski definition) is 2. The van der Waals surface area contributed by atoms with Gasteiger partial charge in [-0.15, -0.1) is 0 Å². The van der Waals surface area contributed by atoms with Gasteiger partial charge in [0.25, 0.3) is 0 Å². The monoisotopic (exact) mass is 330 g/mol. The van der Waals surface area contributed by atoms with Crippen molar-refractivity contribution in [1.29, 1.82) is 0 Å². The molecule has 0 aliphatic carbocycles. The van der Waals surface area contributed by atoms with Crippen LogP contribution >= 0.6 is 0 Å². The van der Waals surface area contributed by atoms with Crippen LogP contribution < -0.4 is 0 Å². The van der Waals surface area contributed by atoms with E-state index in [-0.39, 0.29) is 24.4 Å². The summed E-state index contributed by atoms with van der Waals surface area (Å²) >= 11 is 0. The molecule has 2 amide bonds. The lowest BCUT2D eigenvalue weighted by atomic mass is 9.93. The van der Waals surface area contributed by atoms with Gasteiger partial charge < -0.3 is 9.80 Å². The summed E-state index contributed by atoms with van der Waals surface area (Å²) in [6.45, 7) is 7.82. The smallest absolute Gasteiger partial charge is 0.242 e. The second kappa shape index (κ2) is 8.86. The van der Waals surface area contributed by atoms with Gasteiger partial charge in [-0.3, -0.25) is 9.59 Å². The Labute approximate surface area is 145 Å². The lowest BCUT2D eigenvalue weighted by Crippen LogP contribution is -2.46. The maximum atomic E-state index is 12.8. The van der Waals surface area contributed by atoms with E-state index in [4.69, 9.17) is 0 Å². The molecule has 2 rings (SSSR count). The van der Waals surface area contributed by atoms with Crippen molar-refractivity contribution in [2.45, 2.75) is 58.9 Å². The van der Waals surface area contributed by atoms with Crippen molar-refractivity contribution in [3.8, 4) is 0 Å². The minimum absolute atomic E-state index is 0.0672. The molecule has 0 fully saturated rings. The molecule has 132 valence electrons. The van der Waals surface area contributed by atoms with Crippen LogP contribution in [0.1, 0.15) is 63.6 Å². The zero-order valence-electron chi connectivity index (χ0n) is 15.3. The Balaban J connectivity index is 2.05. The third-order valence-corrected chi connectivity index (χ3v) is 4.84. The van der Waals surface area contributed by atoms with E-state index in [2.05, 4.69) is 32.0 Å². The Morgan fingerprint density at radius 1 is 1.21 bits per heavy atom. The normalized spacial score (nSPS) is 16.6. The van der Waals surface area contributed by atoms with E-state index in [1.165, 1.54) is 11.1 Å². The number of fused-ring (bicyclic) bond motifs is 1. The van der Waals surface area contributed by atoms with Crippen molar-refractivity contribution in [3.05, 3.63) is 35.4 Å². The third-order valence-electron chi connectivity index (χ3n) is 4.84. The summed E-state index contributed by atoms with van der Waals surface area (Å²) in [7, 11) is 0. The van der Waals surface area contributed by atoms with Crippen molar-refractivity contribution in [1.82, 2.24) is 9.80 Å². The van der Waals surface area contributed by atoms with Crippen LogP contribution in [-0.4, -0.2) is 41.2 Å². The minimum atomic E-state index is 0.0672. The number of carbonyl (C=O) groups is 2. The molecule has 0 saturated carbocycles. The van der Waals surface area contributed by atoms with Crippen LogP contribution in [0.15, 0.2) is 24.3 Å². The number of amides is 2. The van der Waals surface area contributed by atoms with Crippen molar-refractivity contribution < 1.29 is 9.59 Å². The van der Waals surface area contributed by atoms with E-state index >= 15 is 0 Å². The molecule has 1 heterocycles. The molecule has 1 aromatic rings. The van der Waals surface area contributed by atoms with E-state index in [1.807, 2.05) is 17.9 Å². The molecule has 0 saturated heterocycles. The molecule has 1 aromatic carbocycles. The fraction of sp³-hybridized carbons (Fsp3) is 0.600. The molecule has 4 nitrogen and oxygen atoms in total. The van der Waals surface area contributed by atoms with Gasteiger partial charge in [0.05, 0.1) is 12.6 Å². The first-order valence-corrected chi connectivity index (χ1v) is 9.23. The number of carbonyl (C=O) groups excluding carboxylic acids is 2. The summed E-state index contributed by atoms with van der Waals surface area (Å²) in [5.74, 6) is 0.168. The van der Waals surface area contributed by atoms with Crippen LogP contribution in [0.3, 0.4) is 0 Å². The molecule has 1 aliphatic heterocycles. The van der Waals surface area contributed by atoms with Crippen molar-refractivity contribution in [2.24, 2.45) is 0 Å². The molecule has 0 aromatic heterocycles. The van der Waals surface area contributed by atoms with E-state index in [1.54, 1.807) is 4.90 Å². The predicted octanol–water partition coefficient (Wildman–Crippen LogP) is 3.56. The Morgan fingerprint density at radius 3 is 2.67 bits per heavy atom. The number of benzene rings is 1. The lowest BCUT2D eigenvalue weighted by molar-refractivity contribution is -0.142. The molecule has 1 unspecified atom stereocenters. The van der Waals surface area contributed by atoms with Crippen LogP contribution in [0.4, 0.5) is 0 Å². The van der Waals surface area contributed by atoms with E-state index in [9.17, 15) is 9.59 Å². The van der Waals surface area contributed by atoms with E-state index in [0.717, 1.165) is 32.2 Å². The Hall–Kier alpha value is -1.84. The maximum Gasteiger partial charge on any atom is 0.242 e. The molecular weight excluding hydrogens is 300 g/mol. The highest BCUT2D eigenvalue weighted by molar-refractivity contribution is 5.85.